The van der Waals surface area contributed by atoms with E-state index in [2.05, 4.69) is 60.8 Å². The van der Waals surface area contributed by atoms with Crippen molar-refractivity contribution in [3.05, 3.63) is 47.8 Å². The van der Waals surface area contributed by atoms with E-state index in [4.69, 9.17) is 0 Å². The second-order valence-corrected chi connectivity index (χ2v) is 4.57. The number of rotatable bonds is 1. The van der Waals surface area contributed by atoms with Gasteiger partial charge in [-0.25, -0.2) is 0 Å². The summed E-state index contributed by atoms with van der Waals surface area (Å²) in [5.74, 6) is 0. The molecule has 2 heterocycles. The van der Waals surface area contributed by atoms with E-state index in [1.807, 2.05) is 6.20 Å². The summed E-state index contributed by atoms with van der Waals surface area (Å²) in [5, 5.41) is 1.32. The van der Waals surface area contributed by atoms with Gasteiger partial charge in [-0.1, -0.05) is 18.2 Å². The molecule has 17 heavy (non-hydrogen) atoms. The van der Waals surface area contributed by atoms with Crippen LogP contribution in [-0.2, 0) is 7.05 Å². The molecule has 2 nitrogen and oxygen atoms in total. The van der Waals surface area contributed by atoms with Gasteiger partial charge in [0.2, 0.25) is 0 Å². The van der Waals surface area contributed by atoms with E-state index in [0.717, 1.165) is 0 Å². The molecule has 0 aliphatic carbocycles. The first-order valence-electron chi connectivity index (χ1n) is 5.88. The zero-order valence-corrected chi connectivity index (χ0v) is 10.4. The molecule has 0 fully saturated rings. The Morgan fingerprint density at radius 1 is 1.06 bits per heavy atom. The van der Waals surface area contributed by atoms with Gasteiger partial charge in [0.15, 0.2) is 0 Å². The van der Waals surface area contributed by atoms with Gasteiger partial charge in [-0.05, 0) is 31.5 Å². The molecule has 0 saturated carbocycles. The summed E-state index contributed by atoms with van der Waals surface area (Å²) < 4.78 is 2.25. The minimum absolute atomic E-state index is 1.24. The number of hydrogen-bond acceptors (Lipinski definition) is 0. The Bertz CT molecular complexity index is 686. The Labute approximate surface area is 101 Å². The largest absolute Gasteiger partial charge is 0.361 e. The number of para-hydroxylation sites is 1. The third kappa shape index (κ3) is 1.34. The van der Waals surface area contributed by atoms with Gasteiger partial charge in [-0.3, -0.25) is 0 Å². The van der Waals surface area contributed by atoms with Crippen molar-refractivity contribution >= 4 is 10.9 Å². The fourth-order valence-corrected chi connectivity index (χ4v) is 2.55. The smallest absolute Gasteiger partial charge is 0.0508 e. The number of nitrogens with zero attached hydrogens (tertiary/aromatic N) is 1. The first kappa shape index (κ1) is 10.2. The fraction of sp³-hybridized carbons (Fsp3) is 0.200. The van der Waals surface area contributed by atoms with E-state index in [1.165, 1.54) is 33.4 Å². The van der Waals surface area contributed by atoms with Gasteiger partial charge >= 0.3 is 0 Å². The summed E-state index contributed by atoms with van der Waals surface area (Å²) in [6.07, 6.45) is 2.01. The fourth-order valence-electron chi connectivity index (χ4n) is 2.55. The van der Waals surface area contributed by atoms with Crippen LogP contribution in [-0.4, -0.2) is 9.55 Å². The topological polar surface area (TPSA) is 20.7 Å². The summed E-state index contributed by atoms with van der Waals surface area (Å²) in [6, 6.07) is 10.7. The van der Waals surface area contributed by atoms with Gasteiger partial charge < -0.3 is 9.55 Å². The van der Waals surface area contributed by atoms with Gasteiger partial charge in [-0.2, -0.15) is 0 Å². The molecule has 3 rings (SSSR count). The Kier molecular flexibility index (Phi) is 2.11. The highest BCUT2D eigenvalue weighted by molar-refractivity contribution is 5.97. The highest BCUT2D eigenvalue weighted by Gasteiger charge is 2.15. The van der Waals surface area contributed by atoms with Crippen molar-refractivity contribution in [2.75, 3.05) is 0 Å². The summed E-state index contributed by atoms with van der Waals surface area (Å²) in [4.78, 5) is 3.35. The molecule has 0 saturated heterocycles. The van der Waals surface area contributed by atoms with Crippen LogP contribution in [0.5, 0.6) is 0 Å². The molecule has 0 unspecified atom stereocenters. The van der Waals surface area contributed by atoms with Crippen LogP contribution in [0.4, 0.5) is 0 Å². The first-order valence-corrected chi connectivity index (χ1v) is 5.88. The predicted molar refractivity (Wildman–Crippen MR) is 72.2 cm³/mol. The highest BCUT2D eigenvalue weighted by Crippen LogP contribution is 2.34. The number of fused-ring (bicyclic) bond motifs is 1. The summed E-state index contributed by atoms with van der Waals surface area (Å²) in [5.41, 5.74) is 6.44. The number of nitrogens with one attached hydrogen (secondary N) is 1. The molecule has 2 heteroatoms. The van der Waals surface area contributed by atoms with Gasteiger partial charge in [0.25, 0.3) is 0 Å². The molecular weight excluding hydrogens is 208 g/mol. The Hall–Kier alpha value is -1.96. The van der Waals surface area contributed by atoms with Crippen LogP contribution < -0.4 is 0 Å². The zero-order valence-electron chi connectivity index (χ0n) is 10.4. The molecule has 0 aliphatic rings. The monoisotopic (exact) mass is 224 g/mol. The Morgan fingerprint density at radius 3 is 2.53 bits per heavy atom. The predicted octanol–water partition coefficient (Wildman–Crippen LogP) is 3.79. The van der Waals surface area contributed by atoms with Gasteiger partial charge in [0.1, 0.15) is 0 Å². The van der Waals surface area contributed by atoms with Crippen molar-refractivity contribution in [1.82, 2.24) is 9.55 Å². The molecular formula is C15H16N2. The van der Waals surface area contributed by atoms with Crippen LogP contribution in [0.1, 0.15) is 11.3 Å². The number of benzene rings is 1. The molecule has 0 radical (unpaired) electrons. The van der Waals surface area contributed by atoms with Crippen LogP contribution >= 0.6 is 0 Å². The molecule has 0 aliphatic heterocycles. The summed E-state index contributed by atoms with van der Waals surface area (Å²) in [6.45, 7) is 4.32. The van der Waals surface area contributed by atoms with Crippen LogP contribution in [0.15, 0.2) is 36.5 Å². The van der Waals surface area contributed by atoms with E-state index in [9.17, 15) is 0 Å². The molecule has 1 N–H and O–H groups in total. The van der Waals surface area contributed by atoms with Crippen LogP contribution in [0.2, 0.25) is 0 Å². The minimum atomic E-state index is 1.24. The number of aromatic nitrogens is 2. The van der Waals surface area contributed by atoms with E-state index in [1.54, 1.807) is 0 Å². The van der Waals surface area contributed by atoms with Crippen molar-refractivity contribution in [1.29, 1.82) is 0 Å². The van der Waals surface area contributed by atoms with Crippen molar-refractivity contribution < 1.29 is 0 Å². The lowest BCUT2D eigenvalue weighted by Crippen LogP contribution is -1.90. The maximum Gasteiger partial charge on any atom is 0.0508 e. The molecule has 0 bridgehead atoms. The normalized spacial score (nSPS) is 11.2. The van der Waals surface area contributed by atoms with Gasteiger partial charge in [0, 0.05) is 35.4 Å². The molecule has 1 aromatic carbocycles. The first-order chi connectivity index (χ1) is 8.20. The lowest BCUT2D eigenvalue weighted by Gasteiger charge is -2.02. The second kappa shape index (κ2) is 3.52. The van der Waals surface area contributed by atoms with Gasteiger partial charge in [-0.15, -0.1) is 0 Å². The SMILES string of the molecule is Cc1cc[nH]c1-c1c(C)n(C)c2ccccc12. The maximum absolute atomic E-state index is 3.35. The highest BCUT2D eigenvalue weighted by atomic mass is 14.9. The molecule has 3 aromatic rings. The van der Waals surface area contributed by atoms with Gasteiger partial charge in [0.05, 0.1) is 5.69 Å². The number of hydrogen-bond donors (Lipinski definition) is 1. The standard InChI is InChI=1S/C15H16N2/c1-10-8-9-16-15(10)14-11(2)17(3)13-7-5-4-6-12(13)14/h4-9,16H,1-3H3. The van der Waals surface area contributed by atoms with Crippen LogP contribution in [0.3, 0.4) is 0 Å². The molecule has 0 amide bonds. The number of H-pyrrole nitrogens is 1. The Morgan fingerprint density at radius 2 is 1.82 bits per heavy atom. The summed E-state index contributed by atoms with van der Waals surface area (Å²) in [7, 11) is 2.12. The minimum Gasteiger partial charge on any atom is -0.361 e. The van der Waals surface area contributed by atoms with E-state index in [0.29, 0.717) is 0 Å². The average Bonchev–Trinajstić information content (AvgIpc) is 2.84. The van der Waals surface area contributed by atoms with E-state index < -0.39 is 0 Å². The third-order valence-electron chi connectivity index (χ3n) is 3.61. The van der Waals surface area contributed by atoms with Crippen molar-refractivity contribution in [2.45, 2.75) is 13.8 Å². The maximum atomic E-state index is 3.35. The quantitative estimate of drug-likeness (QED) is 0.649. The molecule has 2 aromatic heterocycles. The van der Waals surface area contributed by atoms with Crippen LogP contribution in [0, 0.1) is 13.8 Å². The van der Waals surface area contributed by atoms with Crippen LogP contribution in [0.25, 0.3) is 22.2 Å². The lowest BCUT2D eigenvalue weighted by molar-refractivity contribution is 0.919. The molecule has 86 valence electrons. The lowest BCUT2D eigenvalue weighted by atomic mass is 10.1. The van der Waals surface area contributed by atoms with Crippen molar-refractivity contribution in [3.8, 4) is 11.3 Å². The summed E-state index contributed by atoms with van der Waals surface area (Å²) >= 11 is 0. The van der Waals surface area contributed by atoms with E-state index >= 15 is 0 Å². The molecule has 0 atom stereocenters. The number of aryl methyl sites for hydroxylation is 2. The zero-order chi connectivity index (χ0) is 12.0. The van der Waals surface area contributed by atoms with Crippen molar-refractivity contribution in [3.63, 3.8) is 0 Å². The third-order valence-corrected chi connectivity index (χ3v) is 3.61. The molecule has 0 spiro atoms. The van der Waals surface area contributed by atoms with E-state index in [-0.39, 0.29) is 0 Å². The average molecular weight is 224 g/mol. The number of aromatic amines is 1. The second-order valence-electron chi connectivity index (χ2n) is 4.57. The van der Waals surface area contributed by atoms with Crippen molar-refractivity contribution in [2.24, 2.45) is 7.05 Å². The Balaban J connectivity index is 2.45.